The summed E-state index contributed by atoms with van der Waals surface area (Å²) in [6.45, 7) is 0. The minimum absolute atomic E-state index is 0. The van der Waals surface area contributed by atoms with Gasteiger partial charge in [0.05, 0.1) is 0 Å². The first kappa shape index (κ1) is 9.80. The quantitative estimate of drug-likeness (QED) is 0.505. The van der Waals surface area contributed by atoms with E-state index in [2.05, 4.69) is 37.9 Å². The van der Waals surface area contributed by atoms with Crippen LogP contribution in [0.3, 0.4) is 0 Å². The molecular weight excluding hydrogens is 333 g/mol. The summed E-state index contributed by atoms with van der Waals surface area (Å²) in [5.41, 5.74) is 0. The van der Waals surface area contributed by atoms with Crippen LogP contribution in [-0.2, 0) is 19.5 Å². The number of benzene rings is 1. The minimum atomic E-state index is 0. The molecule has 0 aliphatic carbocycles. The van der Waals surface area contributed by atoms with Gasteiger partial charge in [-0.1, -0.05) is 24.9 Å². The zero-order valence-electron chi connectivity index (χ0n) is 4.34. The first-order valence-corrected chi connectivity index (χ1v) is 3.71. The van der Waals surface area contributed by atoms with Gasteiger partial charge in [-0.3, -0.25) is 0 Å². The molecule has 3 heteroatoms. The predicted octanol–water partition coefficient (Wildman–Crippen LogP) is 3.01. The Bertz CT molecular complexity index is 167. The van der Waals surface area contributed by atoms with Crippen molar-refractivity contribution in [3.05, 3.63) is 33.2 Å². The van der Waals surface area contributed by atoms with Crippen LogP contribution in [-0.4, -0.2) is 0 Å². The fraction of sp³-hybridized carbons (Fsp3) is 0. The smallest absolute Gasteiger partial charge is 0.176 e. The molecule has 0 spiro atoms. The summed E-state index contributed by atoms with van der Waals surface area (Å²) in [7, 11) is 0. The van der Waals surface area contributed by atoms with E-state index in [1.54, 1.807) is 0 Å². The fourth-order valence-electron chi connectivity index (χ4n) is 0.396. The Kier molecular flexibility index (Phi) is 5.00. The van der Waals surface area contributed by atoms with Crippen LogP contribution in [0.5, 0.6) is 0 Å². The van der Waals surface area contributed by atoms with Crippen molar-refractivity contribution in [2.45, 2.75) is 0 Å². The van der Waals surface area contributed by atoms with Crippen molar-refractivity contribution in [3.8, 4) is 0 Å². The predicted molar refractivity (Wildman–Crippen MR) is 40.7 cm³/mol. The molecule has 0 saturated carbocycles. The van der Waals surface area contributed by atoms with Gasteiger partial charge in [-0.05, 0) is 0 Å². The molecule has 0 heterocycles. The topological polar surface area (TPSA) is 0 Å². The minimum Gasteiger partial charge on any atom is -0.176 e. The Balaban J connectivity index is 0.000000640. The Hall–Kier alpha value is 0.803. The van der Waals surface area contributed by atoms with Crippen LogP contribution in [0, 0.1) is 6.07 Å². The van der Waals surface area contributed by atoms with Crippen molar-refractivity contribution < 1.29 is 19.5 Å². The Morgan fingerprint density at radius 2 is 2.00 bits per heavy atom. The molecular formula is C6H3Br2Ru+. The SMILES string of the molecule is Brc1[c-]cccc1Br.[Ru+2]. The molecule has 0 aliphatic rings. The van der Waals surface area contributed by atoms with E-state index < -0.39 is 0 Å². The van der Waals surface area contributed by atoms with E-state index >= 15 is 0 Å². The van der Waals surface area contributed by atoms with Crippen molar-refractivity contribution in [3.63, 3.8) is 0 Å². The van der Waals surface area contributed by atoms with Gasteiger partial charge in [0.15, 0.2) is 0 Å². The fourth-order valence-corrected chi connectivity index (χ4v) is 0.927. The van der Waals surface area contributed by atoms with Gasteiger partial charge in [-0.25, -0.2) is 0 Å². The van der Waals surface area contributed by atoms with Crippen LogP contribution in [0.25, 0.3) is 0 Å². The second-order valence-corrected chi connectivity index (χ2v) is 2.98. The first-order chi connectivity index (χ1) is 3.80. The maximum Gasteiger partial charge on any atom is 2.00 e. The summed E-state index contributed by atoms with van der Waals surface area (Å²) in [4.78, 5) is 0. The summed E-state index contributed by atoms with van der Waals surface area (Å²) in [6, 6.07) is 8.71. The molecule has 0 radical (unpaired) electrons. The number of halogens is 2. The van der Waals surface area contributed by atoms with Crippen LogP contribution in [0.1, 0.15) is 0 Å². The molecule has 0 amide bonds. The van der Waals surface area contributed by atoms with Crippen molar-refractivity contribution >= 4 is 31.9 Å². The Morgan fingerprint density at radius 1 is 1.33 bits per heavy atom. The monoisotopic (exact) mass is 335 g/mol. The Labute approximate surface area is 84.0 Å². The van der Waals surface area contributed by atoms with Gasteiger partial charge in [0.2, 0.25) is 0 Å². The van der Waals surface area contributed by atoms with Gasteiger partial charge in [-0.2, -0.15) is 24.3 Å². The maximum atomic E-state index is 3.32. The standard InChI is InChI=1S/C6H3Br2.Ru/c7-5-3-1-2-4-6(5)8;/h1-3H;/q-1;+2. The molecule has 0 unspecified atom stereocenters. The van der Waals surface area contributed by atoms with E-state index in [-0.39, 0.29) is 19.5 Å². The summed E-state index contributed by atoms with van der Waals surface area (Å²) in [5.74, 6) is 0. The van der Waals surface area contributed by atoms with Gasteiger partial charge < -0.3 is 0 Å². The normalized spacial score (nSPS) is 8.22. The van der Waals surface area contributed by atoms with E-state index in [1.165, 1.54) is 0 Å². The molecule has 0 atom stereocenters. The molecule has 0 aliphatic heterocycles. The molecule has 0 saturated heterocycles. The summed E-state index contributed by atoms with van der Waals surface area (Å²) in [5, 5.41) is 0. The van der Waals surface area contributed by atoms with Crippen molar-refractivity contribution in [2.24, 2.45) is 0 Å². The third kappa shape index (κ3) is 2.92. The molecule has 1 aromatic rings. The molecule has 0 fully saturated rings. The van der Waals surface area contributed by atoms with Crippen molar-refractivity contribution in [2.75, 3.05) is 0 Å². The molecule has 1 aromatic carbocycles. The van der Waals surface area contributed by atoms with E-state index in [4.69, 9.17) is 0 Å². The average Bonchev–Trinajstić information content (AvgIpc) is 1.77. The van der Waals surface area contributed by atoms with E-state index in [9.17, 15) is 0 Å². The maximum absolute atomic E-state index is 3.32. The zero-order chi connectivity index (χ0) is 5.98. The van der Waals surface area contributed by atoms with E-state index in [0.29, 0.717) is 0 Å². The van der Waals surface area contributed by atoms with Gasteiger partial charge in [0.25, 0.3) is 0 Å². The zero-order valence-corrected chi connectivity index (χ0v) is 9.25. The molecule has 9 heavy (non-hydrogen) atoms. The number of hydrogen-bond acceptors (Lipinski definition) is 0. The third-order valence-electron chi connectivity index (χ3n) is 0.759. The van der Waals surface area contributed by atoms with Crippen LogP contribution >= 0.6 is 31.9 Å². The van der Waals surface area contributed by atoms with Gasteiger partial charge in [-0.15, -0.1) is 15.9 Å². The molecule has 0 nitrogen and oxygen atoms in total. The van der Waals surface area contributed by atoms with Gasteiger partial charge in [0, 0.05) is 0 Å². The third-order valence-corrected chi connectivity index (χ3v) is 2.61. The second-order valence-electron chi connectivity index (χ2n) is 1.33. The first-order valence-electron chi connectivity index (χ1n) is 2.12. The van der Waals surface area contributed by atoms with Crippen molar-refractivity contribution in [1.82, 2.24) is 0 Å². The number of rotatable bonds is 0. The van der Waals surface area contributed by atoms with Crippen LogP contribution in [0.15, 0.2) is 27.1 Å². The summed E-state index contributed by atoms with van der Waals surface area (Å²) < 4.78 is 2.01. The van der Waals surface area contributed by atoms with Crippen LogP contribution < -0.4 is 0 Å². The average molecular weight is 336 g/mol. The van der Waals surface area contributed by atoms with Crippen LogP contribution in [0.2, 0.25) is 0 Å². The molecule has 0 bridgehead atoms. The second kappa shape index (κ2) is 4.59. The molecule has 0 aromatic heterocycles. The van der Waals surface area contributed by atoms with Gasteiger partial charge >= 0.3 is 19.5 Å². The molecule has 48 valence electrons. The summed E-state index contributed by atoms with van der Waals surface area (Å²) in [6.07, 6.45) is 0. The molecule has 1 rings (SSSR count). The van der Waals surface area contributed by atoms with E-state index in [0.717, 1.165) is 8.95 Å². The Morgan fingerprint density at radius 3 is 2.33 bits per heavy atom. The largest absolute Gasteiger partial charge is 2.00 e. The van der Waals surface area contributed by atoms with Crippen LogP contribution in [0.4, 0.5) is 0 Å². The van der Waals surface area contributed by atoms with Gasteiger partial charge in [0.1, 0.15) is 0 Å². The molecule has 0 N–H and O–H groups in total. The van der Waals surface area contributed by atoms with Crippen molar-refractivity contribution in [1.29, 1.82) is 0 Å². The number of hydrogen-bond donors (Lipinski definition) is 0. The summed E-state index contributed by atoms with van der Waals surface area (Å²) >= 11 is 6.61. The van der Waals surface area contributed by atoms with E-state index in [1.807, 2.05) is 18.2 Å².